The van der Waals surface area contributed by atoms with E-state index in [0.29, 0.717) is 39.3 Å². The number of phenolic OH excluding ortho intramolecular Hbond substituents is 1. The summed E-state index contributed by atoms with van der Waals surface area (Å²) in [4.78, 5) is 35.1. The van der Waals surface area contributed by atoms with Crippen LogP contribution >= 0.6 is 31.9 Å². The van der Waals surface area contributed by atoms with Gasteiger partial charge in [0.15, 0.2) is 0 Å². The lowest BCUT2D eigenvalue weighted by atomic mass is 10.0. The molecule has 0 fully saturated rings. The molecule has 1 atom stereocenters. The topological polar surface area (TPSA) is 113 Å². The Morgan fingerprint density at radius 3 is 2.50 bits per heavy atom. The monoisotopic (exact) mass is 539 g/mol. The number of carbonyl (C=O) groups excluding carboxylic acids is 2. The van der Waals surface area contributed by atoms with Gasteiger partial charge in [0.05, 0.1) is 4.47 Å². The van der Waals surface area contributed by atoms with Gasteiger partial charge in [0.25, 0.3) is 5.91 Å². The number of allylic oxidation sites excluding steroid dienone is 1. The van der Waals surface area contributed by atoms with Gasteiger partial charge >= 0.3 is 12.1 Å². The summed E-state index contributed by atoms with van der Waals surface area (Å²) in [6.07, 6.45) is 1.94. The molecule has 0 unspecified atom stereocenters. The first kappa shape index (κ1) is 23.6. The molecule has 0 saturated carbocycles. The second-order valence-electron chi connectivity index (χ2n) is 6.21. The number of aliphatic carboxylic acids is 1. The zero-order valence-corrected chi connectivity index (χ0v) is 18.9. The Hall–Kier alpha value is -2.65. The van der Waals surface area contributed by atoms with E-state index in [9.17, 15) is 19.5 Å². The van der Waals surface area contributed by atoms with E-state index in [2.05, 4.69) is 37.2 Å². The number of hydrogen-bond donors (Lipinski definition) is 3. The molecule has 0 bridgehead atoms. The summed E-state index contributed by atoms with van der Waals surface area (Å²) in [6, 6.07) is 11.5. The molecule has 7 nitrogen and oxygen atoms in total. The number of ether oxygens (including phenoxy) is 1. The SMILES string of the molecule is O=C(O)/C=C/CCC[C@H](OC(=O)NC(=O)c1ccccc1)c1cc(Br)cc(Br)c1O. The summed E-state index contributed by atoms with van der Waals surface area (Å²) >= 11 is 6.58. The maximum absolute atomic E-state index is 12.3. The first-order valence-corrected chi connectivity index (χ1v) is 10.5. The van der Waals surface area contributed by atoms with Crippen molar-refractivity contribution in [3.05, 3.63) is 74.7 Å². The van der Waals surface area contributed by atoms with Crippen LogP contribution in [-0.2, 0) is 9.53 Å². The van der Waals surface area contributed by atoms with Crippen molar-refractivity contribution in [2.75, 3.05) is 0 Å². The molecule has 2 amide bonds. The Labute approximate surface area is 190 Å². The zero-order chi connectivity index (χ0) is 22.1. The number of rotatable bonds is 8. The quantitative estimate of drug-likeness (QED) is 0.308. The first-order chi connectivity index (χ1) is 14.3. The Bertz CT molecular complexity index is 946. The summed E-state index contributed by atoms with van der Waals surface area (Å²) in [5.74, 6) is -1.75. The molecule has 2 aromatic rings. The number of unbranched alkanes of at least 4 members (excludes halogenated alkanes) is 1. The van der Waals surface area contributed by atoms with Gasteiger partial charge in [-0.15, -0.1) is 0 Å². The molecule has 0 radical (unpaired) electrons. The number of carboxylic acids is 1. The predicted octanol–water partition coefficient (Wildman–Crippen LogP) is 5.34. The van der Waals surface area contributed by atoms with Gasteiger partial charge in [-0.1, -0.05) is 40.2 Å². The Morgan fingerprint density at radius 2 is 1.83 bits per heavy atom. The van der Waals surface area contributed by atoms with Crippen molar-refractivity contribution in [3.8, 4) is 5.75 Å². The van der Waals surface area contributed by atoms with Crippen molar-refractivity contribution in [1.82, 2.24) is 5.32 Å². The van der Waals surface area contributed by atoms with Crippen LogP contribution in [-0.4, -0.2) is 28.2 Å². The standard InChI is InChI=1S/C21H19Br2NO6/c22-14-11-15(19(27)16(23)12-14)17(9-5-2-6-10-18(25)26)30-21(29)24-20(28)13-7-3-1-4-8-13/h1,3-4,6-8,10-12,17,27H,2,5,9H2,(H,25,26)(H,24,28,29)/b10-6+/t17-/m0/s1. The van der Waals surface area contributed by atoms with Crippen molar-refractivity contribution >= 4 is 49.8 Å². The molecule has 30 heavy (non-hydrogen) atoms. The molecular weight excluding hydrogens is 522 g/mol. The number of carbonyl (C=O) groups is 3. The highest BCUT2D eigenvalue weighted by molar-refractivity contribution is 9.11. The molecule has 0 aliphatic rings. The molecule has 0 heterocycles. The van der Waals surface area contributed by atoms with Crippen molar-refractivity contribution in [1.29, 1.82) is 0 Å². The lowest BCUT2D eigenvalue weighted by molar-refractivity contribution is -0.131. The number of aromatic hydroxyl groups is 1. The van der Waals surface area contributed by atoms with E-state index in [4.69, 9.17) is 9.84 Å². The van der Waals surface area contributed by atoms with Crippen LogP contribution in [0, 0.1) is 0 Å². The molecule has 2 rings (SSSR count). The molecule has 0 aliphatic carbocycles. The highest BCUT2D eigenvalue weighted by Gasteiger charge is 2.23. The number of phenols is 1. The van der Waals surface area contributed by atoms with E-state index in [1.807, 2.05) is 0 Å². The number of amides is 2. The molecular formula is C21H19Br2NO6. The number of benzene rings is 2. The van der Waals surface area contributed by atoms with Crippen LogP contribution < -0.4 is 5.32 Å². The average Bonchev–Trinajstić information content (AvgIpc) is 2.70. The molecule has 0 aliphatic heterocycles. The van der Waals surface area contributed by atoms with Gasteiger partial charge in [-0.25, -0.2) is 9.59 Å². The van der Waals surface area contributed by atoms with Crippen molar-refractivity contribution < 1.29 is 29.3 Å². The van der Waals surface area contributed by atoms with Crippen LogP contribution in [0.15, 0.2) is 63.6 Å². The van der Waals surface area contributed by atoms with Crippen LogP contribution in [0.3, 0.4) is 0 Å². The highest BCUT2D eigenvalue weighted by atomic mass is 79.9. The second-order valence-corrected chi connectivity index (χ2v) is 7.98. The van der Waals surface area contributed by atoms with Crippen LogP contribution in [0.4, 0.5) is 4.79 Å². The van der Waals surface area contributed by atoms with E-state index >= 15 is 0 Å². The van der Waals surface area contributed by atoms with E-state index in [0.717, 1.165) is 6.08 Å². The second kappa shape index (κ2) is 11.5. The summed E-state index contributed by atoms with van der Waals surface area (Å²) in [6.45, 7) is 0. The molecule has 3 N–H and O–H groups in total. The fourth-order valence-corrected chi connectivity index (χ4v) is 3.89. The van der Waals surface area contributed by atoms with Gasteiger partial charge in [-0.05, 0) is 59.5 Å². The number of hydrogen-bond acceptors (Lipinski definition) is 5. The molecule has 0 spiro atoms. The van der Waals surface area contributed by atoms with E-state index in [1.165, 1.54) is 6.08 Å². The third-order valence-corrected chi connectivity index (χ3v) is 5.07. The van der Waals surface area contributed by atoms with Gasteiger partial charge in [0.1, 0.15) is 11.9 Å². The summed E-state index contributed by atoms with van der Waals surface area (Å²) < 4.78 is 6.50. The Kier molecular flexibility index (Phi) is 9.07. The van der Waals surface area contributed by atoms with E-state index in [1.54, 1.807) is 42.5 Å². The zero-order valence-electron chi connectivity index (χ0n) is 15.7. The van der Waals surface area contributed by atoms with Crippen LogP contribution in [0.25, 0.3) is 0 Å². The Balaban J connectivity index is 2.13. The summed E-state index contributed by atoms with van der Waals surface area (Å²) in [5, 5.41) is 21.2. The fourth-order valence-electron chi connectivity index (χ4n) is 2.63. The van der Waals surface area contributed by atoms with Crippen LogP contribution in [0.5, 0.6) is 5.75 Å². The van der Waals surface area contributed by atoms with Gasteiger partial charge < -0.3 is 14.9 Å². The van der Waals surface area contributed by atoms with Crippen LogP contribution in [0.1, 0.15) is 41.3 Å². The molecule has 2 aromatic carbocycles. The molecule has 9 heteroatoms. The van der Waals surface area contributed by atoms with Gasteiger partial charge in [-0.3, -0.25) is 10.1 Å². The smallest absolute Gasteiger partial charge is 0.414 e. The number of nitrogens with one attached hydrogen (secondary N) is 1. The Morgan fingerprint density at radius 1 is 1.13 bits per heavy atom. The highest BCUT2D eigenvalue weighted by Crippen LogP contribution is 2.38. The maximum atomic E-state index is 12.3. The third kappa shape index (κ3) is 7.31. The minimum Gasteiger partial charge on any atom is -0.506 e. The lowest BCUT2D eigenvalue weighted by Gasteiger charge is -2.20. The average molecular weight is 541 g/mol. The number of halogens is 2. The van der Waals surface area contributed by atoms with Gasteiger partial charge in [0.2, 0.25) is 0 Å². The van der Waals surface area contributed by atoms with Crippen molar-refractivity contribution in [2.45, 2.75) is 25.4 Å². The van der Waals surface area contributed by atoms with Gasteiger partial charge in [0, 0.05) is 21.7 Å². The molecule has 0 saturated heterocycles. The minimum atomic E-state index is -1.05. The minimum absolute atomic E-state index is 0.0912. The summed E-state index contributed by atoms with van der Waals surface area (Å²) in [7, 11) is 0. The van der Waals surface area contributed by atoms with E-state index in [-0.39, 0.29) is 5.75 Å². The van der Waals surface area contributed by atoms with Gasteiger partial charge in [-0.2, -0.15) is 0 Å². The third-order valence-electron chi connectivity index (χ3n) is 4.00. The number of carboxylic acid groups (broad SMARTS) is 1. The normalized spacial score (nSPS) is 11.8. The van der Waals surface area contributed by atoms with Crippen molar-refractivity contribution in [2.24, 2.45) is 0 Å². The number of alkyl carbamates (subject to hydrolysis) is 1. The number of imide groups is 1. The fraction of sp³-hybridized carbons (Fsp3) is 0.190. The maximum Gasteiger partial charge on any atom is 0.414 e. The van der Waals surface area contributed by atoms with E-state index < -0.39 is 24.1 Å². The summed E-state index contributed by atoms with van der Waals surface area (Å²) in [5.41, 5.74) is 0.652. The lowest BCUT2D eigenvalue weighted by Crippen LogP contribution is -2.32. The molecule has 0 aromatic heterocycles. The predicted molar refractivity (Wildman–Crippen MR) is 117 cm³/mol. The largest absolute Gasteiger partial charge is 0.506 e. The van der Waals surface area contributed by atoms with Crippen LogP contribution in [0.2, 0.25) is 0 Å². The van der Waals surface area contributed by atoms with Crippen molar-refractivity contribution in [3.63, 3.8) is 0 Å². The first-order valence-electron chi connectivity index (χ1n) is 8.92. The molecule has 158 valence electrons.